The predicted molar refractivity (Wildman–Crippen MR) is 118 cm³/mol. The first kappa shape index (κ1) is 19.8. The minimum Gasteiger partial charge on any atom is -0.506 e. The van der Waals surface area contributed by atoms with Gasteiger partial charge in [-0.05, 0) is 51.4 Å². The number of hydrogen-bond donors (Lipinski definition) is 2. The van der Waals surface area contributed by atoms with Crippen LogP contribution in [0.15, 0.2) is 36.5 Å². The second-order valence-electron chi connectivity index (χ2n) is 8.53. The van der Waals surface area contributed by atoms with Gasteiger partial charge in [-0.15, -0.1) is 0 Å². The van der Waals surface area contributed by atoms with E-state index in [1.54, 1.807) is 36.5 Å². The molecule has 0 amide bonds. The van der Waals surface area contributed by atoms with Crippen molar-refractivity contribution in [1.82, 2.24) is 9.47 Å². The molecule has 2 aliphatic rings. The molecule has 6 nitrogen and oxygen atoms in total. The Kier molecular flexibility index (Phi) is 5.02. The number of rotatable bonds is 5. The fraction of sp³-hybridized carbons (Fsp3) is 0.360. The van der Waals surface area contributed by atoms with E-state index >= 15 is 0 Å². The van der Waals surface area contributed by atoms with Crippen LogP contribution in [0.3, 0.4) is 0 Å². The first-order valence-corrected chi connectivity index (χ1v) is 11.1. The highest BCUT2D eigenvalue weighted by Crippen LogP contribution is 2.44. The van der Waals surface area contributed by atoms with Gasteiger partial charge in [0.05, 0.1) is 16.6 Å². The highest BCUT2D eigenvalue weighted by atomic mass is 16.3. The number of nitrogens with zero attached hydrogens (tertiary/aromatic N) is 2. The largest absolute Gasteiger partial charge is 0.506 e. The van der Waals surface area contributed by atoms with E-state index in [-0.39, 0.29) is 33.8 Å². The molecule has 2 aromatic carbocycles. The summed E-state index contributed by atoms with van der Waals surface area (Å²) in [4.78, 5) is 28.6. The lowest BCUT2D eigenvalue weighted by Gasteiger charge is -2.26. The molecule has 2 N–H and O–H groups in total. The summed E-state index contributed by atoms with van der Waals surface area (Å²) in [6, 6.07) is 8.24. The summed E-state index contributed by atoms with van der Waals surface area (Å²) < 4.78 is 1.87. The molecule has 0 saturated carbocycles. The van der Waals surface area contributed by atoms with Gasteiger partial charge in [0.25, 0.3) is 0 Å². The molecule has 2 heterocycles. The monoisotopic (exact) mass is 418 g/mol. The van der Waals surface area contributed by atoms with E-state index in [1.165, 1.54) is 32.4 Å². The van der Waals surface area contributed by atoms with Crippen LogP contribution in [-0.2, 0) is 6.54 Å². The van der Waals surface area contributed by atoms with Crippen molar-refractivity contribution in [3.05, 3.63) is 58.8 Å². The molecule has 1 aliphatic heterocycles. The first-order valence-electron chi connectivity index (χ1n) is 11.1. The molecule has 31 heavy (non-hydrogen) atoms. The second kappa shape index (κ2) is 7.85. The Morgan fingerprint density at radius 1 is 0.774 bits per heavy atom. The van der Waals surface area contributed by atoms with Crippen LogP contribution in [0.25, 0.3) is 10.9 Å². The summed E-state index contributed by atoms with van der Waals surface area (Å²) in [5.41, 5.74) is 0.730. The third-order valence-electron chi connectivity index (χ3n) is 6.61. The number of aromatic hydroxyl groups is 2. The van der Waals surface area contributed by atoms with Gasteiger partial charge in [0.15, 0.2) is 17.3 Å². The van der Waals surface area contributed by atoms with E-state index in [1.807, 2.05) is 4.57 Å². The number of carbonyl (C=O) groups excluding carboxylic acids is 2. The molecule has 1 aliphatic carbocycles. The summed E-state index contributed by atoms with van der Waals surface area (Å²) in [7, 11) is 0. The van der Waals surface area contributed by atoms with Gasteiger partial charge in [0.1, 0.15) is 5.75 Å². The molecule has 0 unspecified atom stereocenters. The van der Waals surface area contributed by atoms with E-state index in [4.69, 9.17) is 0 Å². The summed E-state index contributed by atoms with van der Waals surface area (Å²) in [5.74, 6) is -1.33. The van der Waals surface area contributed by atoms with Crippen molar-refractivity contribution >= 4 is 22.5 Å². The molecule has 0 atom stereocenters. The number of carbonyl (C=O) groups is 2. The number of likely N-dealkylation sites (tertiary alicyclic amines) is 1. The standard InChI is InChI=1S/C25H26N2O4/c28-22-16-8-2-3-9-17(16)23(29)20-19(22)24(30)18-10-15-27(21(18)25(20)31)14-7-6-13-26-11-4-1-5-12-26/h2-3,8-10,15,30-31H,1,4-7,11-14H2. The number of aryl methyl sites for hydroxylation is 1. The van der Waals surface area contributed by atoms with Crippen molar-refractivity contribution in [2.24, 2.45) is 0 Å². The number of fused-ring (bicyclic) bond motifs is 3. The van der Waals surface area contributed by atoms with Crippen LogP contribution in [0.5, 0.6) is 11.5 Å². The number of phenolic OH excluding ortho intramolecular Hbond substituents is 2. The first-order chi connectivity index (χ1) is 15.1. The van der Waals surface area contributed by atoms with E-state index in [0.717, 1.165) is 19.4 Å². The molecule has 6 heteroatoms. The second-order valence-corrected chi connectivity index (χ2v) is 8.53. The van der Waals surface area contributed by atoms with Crippen molar-refractivity contribution in [2.75, 3.05) is 19.6 Å². The molecule has 1 saturated heterocycles. The zero-order chi connectivity index (χ0) is 21.5. The zero-order valence-corrected chi connectivity index (χ0v) is 17.4. The molecule has 0 radical (unpaired) electrons. The minimum absolute atomic E-state index is 0.0954. The van der Waals surface area contributed by atoms with Crippen LogP contribution in [0.2, 0.25) is 0 Å². The van der Waals surface area contributed by atoms with Gasteiger partial charge in [0, 0.05) is 29.3 Å². The van der Waals surface area contributed by atoms with Crippen molar-refractivity contribution in [3.63, 3.8) is 0 Å². The van der Waals surface area contributed by atoms with Gasteiger partial charge in [0.2, 0.25) is 0 Å². The molecule has 160 valence electrons. The van der Waals surface area contributed by atoms with Gasteiger partial charge in [-0.1, -0.05) is 30.7 Å². The van der Waals surface area contributed by atoms with Gasteiger partial charge < -0.3 is 19.7 Å². The normalized spacial score (nSPS) is 16.5. The zero-order valence-electron chi connectivity index (χ0n) is 17.4. The fourth-order valence-corrected chi connectivity index (χ4v) is 4.99. The fourth-order valence-electron chi connectivity index (χ4n) is 4.99. The Balaban J connectivity index is 1.46. The lowest BCUT2D eigenvalue weighted by molar-refractivity contribution is 0.0974. The van der Waals surface area contributed by atoms with Crippen molar-refractivity contribution < 1.29 is 19.8 Å². The van der Waals surface area contributed by atoms with E-state index in [2.05, 4.69) is 4.90 Å². The van der Waals surface area contributed by atoms with Crippen molar-refractivity contribution in [2.45, 2.75) is 38.6 Å². The lowest BCUT2D eigenvalue weighted by atomic mass is 9.82. The number of benzene rings is 2. The molecule has 1 fully saturated rings. The molecule has 3 aromatic rings. The molecule has 0 spiro atoms. The van der Waals surface area contributed by atoms with Gasteiger partial charge >= 0.3 is 0 Å². The Morgan fingerprint density at radius 3 is 2.06 bits per heavy atom. The smallest absolute Gasteiger partial charge is 0.198 e. The average Bonchev–Trinajstić information content (AvgIpc) is 3.23. The number of piperidine rings is 1. The van der Waals surface area contributed by atoms with Gasteiger partial charge in [-0.3, -0.25) is 9.59 Å². The third kappa shape index (κ3) is 3.22. The maximum Gasteiger partial charge on any atom is 0.198 e. The van der Waals surface area contributed by atoms with Crippen LogP contribution in [0.4, 0.5) is 0 Å². The lowest BCUT2D eigenvalue weighted by Crippen LogP contribution is -2.30. The van der Waals surface area contributed by atoms with Crippen molar-refractivity contribution in [1.29, 1.82) is 0 Å². The highest BCUT2D eigenvalue weighted by molar-refractivity contribution is 6.32. The molecule has 5 rings (SSSR count). The van der Waals surface area contributed by atoms with Gasteiger partial charge in [-0.2, -0.15) is 0 Å². The van der Waals surface area contributed by atoms with Crippen molar-refractivity contribution in [3.8, 4) is 11.5 Å². The maximum atomic E-state index is 13.1. The molecule has 0 bridgehead atoms. The summed E-state index contributed by atoms with van der Waals surface area (Å²) in [6.45, 7) is 4.08. The number of hydrogen-bond acceptors (Lipinski definition) is 5. The molecular weight excluding hydrogens is 392 g/mol. The SMILES string of the molecule is O=C1c2ccccc2C(=O)c2c1c(O)c1ccn(CCCCN3CCCCC3)c1c2O. The number of ketones is 2. The molecule has 1 aromatic heterocycles. The Bertz CT molecular complexity index is 1190. The van der Waals surface area contributed by atoms with Crippen LogP contribution < -0.4 is 0 Å². The Morgan fingerprint density at radius 2 is 1.39 bits per heavy atom. The third-order valence-corrected chi connectivity index (χ3v) is 6.61. The van der Waals surface area contributed by atoms with E-state index in [0.29, 0.717) is 17.4 Å². The highest BCUT2D eigenvalue weighted by Gasteiger charge is 2.36. The quantitative estimate of drug-likeness (QED) is 0.377. The summed E-state index contributed by atoms with van der Waals surface area (Å²) in [5, 5.41) is 22.3. The van der Waals surface area contributed by atoms with Crippen LogP contribution in [-0.4, -0.2) is 50.9 Å². The summed E-state index contributed by atoms with van der Waals surface area (Å²) in [6.07, 6.45) is 7.64. The Labute approximate surface area is 180 Å². The molecular formula is C25H26N2O4. The Hall–Kier alpha value is -3.12. The van der Waals surface area contributed by atoms with E-state index < -0.39 is 11.6 Å². The number of unbranched alkanes of at least 4 members (excludes halogenated alkanes) is 1. The average molecular weight is 418 g/mol. The predicted octanol–water partition coefficient (Wildman–Crippen LogP) is 4.09. The maximum absolute atomic E-state index is 13.1. The van der Waals surface area contributed by atoms with Gasteiger partial charge in [-0.25, -0.2) is 0 Å². The number of phenols is 2. The van der Waals surface area contributed by atoms with Crippen LogP contribution >= 0.6 is 0 Å². The van der Waals surface area contributed by atoms with Crippen LogP contribution in [0.1, 0.15) is 63.9 Å². The number of aromatic nitrogens is 1. The minimum atomic E-state index is -0.436. The van der Waals surface area contributed by atoms with E-state index in [9.17, 15) is 19.8 Å². The van der Waals surface area contributed by atoms with Crippen LogP contribution in [0, 0.1) is 0 Å². The summed E-state index contributed by atoms with van der Waals surface area (Å²) >= 11 is 0. The topological polar surface area (TPSA) is 82.8 Å².